The second-order valence-electron chi connectivity index (χ2n) is 7.60. The average molecular weight is 365 g/mol. The molecule has 1 aliphatic carbocycles. The van der Waals surface area contributed by atoms with Crippen molar-refractivity contribution >= 4 is 28.4 Å². The predicted octanol–water partition coefficient (Wildman–Crippen LogP) is 4.10. The molecule has 27 heavy (non-hydrogen) atoms. The number of carbonyl (C=O) groups excluding carboxylic acids is 2. The Bertz CT molecular complexity index is 816. The minimum Gasteiger partial charge on any atom is -0.339 e. The lowest BCUT2D eigenvalue weighted by Crippen LogP contribution is -2.53. The van der Waals surface area contributed by atoms with Gasteiger partial charge in [0.05, 0.1) is 5.69 Å². The highest BCUT2D eigenvalue weighted by Gasteiger charge is 2.29. The Morgan fingerprint density at radius 1 is 0.815 bits per heavy atom. The first-order valence-electron chi connectivity index (χ1n) is 10.0. The third-order valence-corrected chi connectivity index (χ3v) is 5.86. The molecule has 1 heterocycles. The average Bonchev–Trinajstić information content (AvgIpc) is 2.74. The SMILES string of the molecule is O=C(Nc1cccc2ccccc12)N1CCN(C(=O)C2CCCCC2)CC1. The van der Waals surface area contributed by atoms with E-state index in [0.29, 0.717) is 32.1 Å². The van der Waals surface area contributed by atoms with Crippen LogP contribution in [0.25, 0.3) is 10.8 Å². The fourth-order valence-electron chi connectivity index (χ4n) is 4.27. The molecule has 4 rings (SSSR count). The zero-order valence-electron chi connectivity index (χ0n) is 15.7. The van der Waals surface area contributed by atoms with Gasteiger partial charge >= 0.3 is 6.03 Å². The van der Waals surface area contributed by atoms with Crippen LogP contribution in [0.3, 0.4) is 0 Å². The molecular weight excluding hydrogens is 338 g/mol. The molecule has 1 aliphatic heterocycles. The normalized spacial score (nSPS) is 18.5. The molecular formula is C22H27N3O2. The molecule has 0 radical (unpaired) electrons. The molecule has 5 nitrogen and oxygen atoms in total. The highest BCUT2D eigenvalue weighted by Crippen LogP contribution is 2.26. The van der Waals surface area contributed by atoms with Crippen molar-refractivity contribution in [2.45, 2.75) is 32.1 Å². The van der Waals surface area contributed by atoms with Crippen molar-refractivity contribution in [3.8, 4) is 0 Å². The maximum Gasteiger partial charge on any atom is 0.321 e. The summed E-state index contributed by atoms with van der Waals surface area (Å²) in [6.45, 7) is 2.46. The summed E-state index contributed by atoms with van der Waals surface area (Å²) >= 11 is 0. The zero-order valence-corrected chi connectivity index (χ0v) is 15.7. The Morgan fingerprint density at radius 3 is 2.26 bits per heavy atom. The van der Waals surface area contributed by atoms with Gasteiger partial charge in [-0.1, -0.05) is 55.7 Å². The molecule has 5 heteroatoms. The number of nitrogens with zero attached hydrogens (tertiary/aromatic N) is 2. The number of nitrogens with one attached hydrogen (secondary N) is 1. The number of fused-ring (bicyclic) bond motifs is 1. The van der Waals surface area contributed by atoms with Crippen LogP contribution in [0.5, 0.6) is 0 Å². The number of benzene rings is 2. The zero-order chi connectivity index (χ0) is 18.6. The van der Waals surface area contributed by atoms with Gasteiger partial charge in [-0.25, -0.2) is 4.79 Å². The van der Waals surface area contributed by atoms with Gasteiger partial charge in [-0.3, -0.25) is 4.79 Å². The van der Waals surface area contributed by atoms with Crippen molar-refractivity contribution in [2.24, 2.45) is 5.92 Å². The number of urea groups is 1. The number of hydrogen-bond acceptors (Lipinski definition) is 2. The first-order valence-corrected chi connectivity index (χ1v) is 10.0. The molecule has 1 N–H and O–H groups in total. The molecule has 0 aromatic heterocycles. The van der Waals surface area contributed by atoms with Crippen LogP contribution in [0.2, 0.25) is 0 Å². The second-order valence-corrected chi connectivity index (χ2v) is 7.60. The Hall–Kier alpha value is -2.56. The number of hydrogen-bond donors (Lipinski definition) is 1. The molecule has 142 valence electrons. The van der Waals surface area contributed by atoms with Gasteiger partial charge in [-0.05, 0) is 24.3 Å². The Balaban J connectivity index is 1.35. The Kier molecular flexibility index (Phi) is 5.28. The van der Waals surface area contributed by atoms with Gasteiger partial charge in [0.1, 0.15) is 0 Å². The minimum atomic E-state index is -0.0869. The molecule has 2 aromatic rings. The third-order valence-electron chi connectivity index (χ3n) is 5.86. The lowest BCUT2D eigenvalue weighted by atomic mass is 9.88. The van der Waals surface area contributed by atoms with Crippen LogP contribution in [-0.4, -0.2) is 47.9 Å². The summed E-state index contributed by atoms with van der Waals surface area (Å²) < 4.78 is 0. The van der Waals surface area contributed by atoms with Gasteiger partial charge in [-0.15, -0.1) is 0 Å². The quantitative estimate of drug-likeness (QED) is 0.871. The summed E-state index contributed by atoms with van der Waals surface area (Å²) in [4.78, 5) is 29.1. The number of rotatable bonds is 2. The van der Waals surface area contributed by atoms with E-state index < -0.39 is 0 Å². The molecule has 3 amide bonds. The van der Waals surface area contributed by atoms with E-state index in [2.05, 4.69) is 5.32 Å². The molecule has 0 spiro atoms. The van der Waals surface area contributed by atoms with Crippen molar-refractivity contribution in [1.29, 1.82) is 0 Å². The Morgan fingerprint density at radius 2 is 1.48 bits per heavy atom. The second kappa shape index (κ2) is 7.99. The van der Waals surface area contributed by atoms with Crippen LogP contribution in [0.4, 0.5) is 10.5 Å². The summed E-state index contributed by atoms with van der Waals surface area (Å²) in [6.07, 6.45) is 5.65. The van der Waals surface area contributed by atoms with E-state index in [-0.39, 0.29) is 11.9 Å². The van der Waals surface area contributed by atoms with Gasteiger partial charge < -0.3 is 15.1 Å². The smallest absolute Gasteiger partial charge is 0.321 e. The van der Waals surface area contributed by atoms with E-state index in [1.54, 1.807) is 0 Å². The highest BCUT2D eigenvalue weighted by molar-refractivity contribution is 6.01. The van der Waals surface area contributed by atoms with Crippen LogP contribution in [0.15, 0.2) is 42.5 Å². The molecule has 2 fully saturated rings. The van der Waals surface area contributed by atoms with E-state index >= 15 is 0 Å². The minimum absolute atomic E-state index is 0.0869. The molecule has 1 saturated heterocycles. The van der Waals surface area contributed by atoms with E-state index in [1.807, 2.05) is 52.3 Å². The number of amides is 3. The summed E-state index contributed by atoms with van der Waals surface area (Å²) in [5.74, 6) is 0.499. The molecule has 1 saturated carbocycles. The van der Waals surface area contributed by atoms with E-state index in [1.165, 1.54) is 19.3 Å². The van der Waals surface area contributed by atoms with Gasteiger partial charge in [-0.2, -0.15) is 0 Å². The molecule has 0 unspecified atom stereocenters. The number of piperazine rings is 1. The van der Waals surface area contributed by atoms with Crippen LogP contribution in [0.1, 0.15) is 32.1 Å². The van der Waals surface area contributed by atoms with E-state index in [4.69, 9.17) is 0 Å². The fourth-order valence-corrected chi connectivity index (χ4v) is 4.27. The van der Waals surface area contributed by atoms with E-state index in [0.717, 1.165) is 29.3 Å². The number of anilines is 1. The monoisotopic (exact) mass is 365 g/mol. The van der Waals surface area contributed by atoms with Crippen LogP contribution in [0, 0.1) is 5.92 Å². The first-order chi connectivity index (χ1) is 13.2. The topological polar surface area (TPSA) is 52.7 Å². The van der Waals surface area contributed by atoms with Crippen molar-refractivity contribution in [3.63, 3.8) is 0 Å². The summed E-state index contributed by atoms with van der Waals surface area (Å²) in [6, 6.07) is 13.9. The standard InChI is InChI=1S/C22H27N3O2/c26-21(18-8-2-1-3-9-18)24-13-15-25(16-14-24)22(27)23-20-12-6-10-17-7-4-5-11-19(17)20/h4-7,10-12,18H,1-3,8-9,13-16H2,(H,23,27). The predicted molar refractivity (Wildman–Crippen MR) is 108 cm³/mol. The van der Waals surface area contributed by atoms with Gasteiger partial charge in [0, 0.05) is 37.5 Å². The molecule has 0 atom stereocenters. The maximum atomic E-state index is 12.7. The first kappa shape index (κ1) is 17.8. The van der Waals surface area contributed by atoms with Crippen molar-refractivity contribution in [3.05, 3.63) is 42.5 Å². The van der Waals surface area contributed by atoms with E-state index in [9.17, 15) is 9.59 Å². The van der Waals surface area contributed by atoms with Gasteiger partial charge in [0.2, 0.25) is 5.91 Å². The van der Waals surface area contributed by atoms with Crippen LogP contribution in [-0.2, 0) is 4.79 Å². The largest absolute Gasteiger partial charge is 0.339 e. The maximum absolute atomic E-state index is 12.7. The van der Waals surface area contributed by atoms with Gasteiger partial charge in [0.25, 0.3) is 0 Å². The van der Waals surface area contributed by atoms with Crippen molar-refractivity contribution < 1.29 is 9.59 Å². The lowest BCUT2D eigenvalue weighted by molar-refractivity contribution is -0.137. The van der Waals surface area contributed by atoms with Gasteiger partial charge in [0.15, 0.2) is 0 Å². The van der Waals surface area contributed by atoms with Crippen LogP contribution >= 0.6 is 0 Å². The molecule has 2 aromatic carbocycles. The summed E-state index contributed by atoms with van der Waals surface area (Å²) in [5.41, 5.74) is 0.832. The summed E-state index contributed by atoms with van der Waals surface area (Å²) in [7, 11) is 0. The Labute approximate surface area is 160 Å². The summed E-state index contributed by atoms with van der Waals surface area (Å²) in [5, 5.41) is 5.20. The molecule has 2 aliphatic rings. The van der Waals surface area contributed by atoms with Crippen LogP contribution < -0.4 is 5.32 Å². The number of carbonyl (C=O) groups is 2. The highest BCUT2D eigenvalue weighted by atomic mass is 16.2. The lowest BCUT2D eigenvalue weighted by Gasteiger charge is -2.37. The molecule has 0 bridgehead atoms. The van der Waals surface area contributed by atoms with Crippen molar-refractivity contribution in [1.82, 2.24) is 9.80 Å². The van der Waals surface area contributed by atoms with Crippen molar-refractivity contribution in [2.75, 3.05) is 31.5 Å². The fraction of sp³-hybridized carbons (Fsp3) is 0.455. The third kappa shape index (κ3) is 3.92.